The lowest BCUT2D eigenvalue weighted by molar-refractivity contribution is 0.747. The van der Waals surface area contributed by atoms with Gasteiger partial charge in [-0.2, -0.15) is 5.10 Å². The maximum atomic E-state index is 4.13. The monoisotopic (exact) mass is 211 g/mol. The first-order chi connectivity index (χ1) is 7.95. The van der Waals surface area contributed by atoms with Crippen molar-refractivity contribution in [1.82, 2.24) is 10.4 Å². The minimum Gasteiger partial charge on any atom is -0.306 e. The summed E-state index contributed by atoms with van der Waals surface area (Å²) in [5.74, 6) is 0. The van der Waals surface area contributed by atoms with Gasteiger partial charge in [0.2, 0.25) is 0 Å². The van der Waals surface area contributed by atoms with Crippen molar-refractivity contribution in [3.8, 4) is 0 Å². The van der Waals surface area contributed by atoms with Crippen molar-refractivity contribution in [3.63, 3.8) is 0 Å². The summed E-state index contributed by atoms with van der Waals surface area (Å²) in [5.41, 5.74) is 5.04. The van der Waals surface area contributed by atoms with Crippen molar-refractivity contribution in [3.05, 3.63) is 66.0 Å². The van der Waals surface area contributed by atoms with E-state index in [1.807, 2.05) is 36.4 Å². The van der Waals surface area contributed by atoms with Crippen LogP contribution in [0.2, 0.25) is 0 Å². The van der Waals surface area contributed by atoms with Gasteiger partial charge < -0.3 is 5.43 Å². The molecule has 1 N–H and O–H groups in total. The molecule has 0 aliphatic rings. The Labute approximate surface area is 94.9 Å². The summed E-state index contributed by atoms with van der Waals surface area (Å²) in [6, 6.07) is 15.9. The van der Waals surface area contributed by atoms with Crippen LogP contribution in [0, 0.1) is 0 Å². The molecule has 1 aromatic carbocycles. The minimum absolute atomic E-state index is 0.726. The van der Waals surface area contributed by atoms with E-state index in [9.17, 15) is 0 Å². The number of aromatic nitrogens is 1. The van der Waals surface area contributed by atoms with Crippen molar-refractivity contribution in [2.24, 2.45) is 5.10 Å². The van der Waals surface area contributed by atoms with E-state index in [-0.39, 0.29) is 0 Å². The van der Waals surface area contributed by atoms with Gasteiger partial charge in [0.25, 0.3) is 0 Å². The molecule has 0 atom stereocenters. The number of pyridine rings is 1. The lowest BCUT2D eigenvalue weighted by Gasteiger charge is -1.99. The third-order valence-electron chi connectivity index (χ3n) is 2.10. The molecule has 0 saturated heterocycles. The van der Waals surface area contributed by atoms with Gasteiger partial charge in [-0.1, -0.05) is 36.4 Å². The van der Waals surface area contributed by atoms with Gasteiger partial charge in [0.05, 0.1) is 18.5 Å². The second kappa shape index (κ2) is 5.66. The molecular weight excluding hydrogens is 198 g/mol. The minimum atomic E-state index is 0.726. The lowest BCUT2D eigenvalue weighted by atomic mass is 10.2. The highest BCUT2D eigenvalue weighted by Crippen LogP contribution is 1.96. The molecule has 3 nitrogen and oxygen atoms in total. The molecule has 0 aliphatic carbocycles. The number of hydrogen-bond acceptors (Lipinski definition) is 3. The van der Waals surface area contributed by atoms with Crippen molar-refractivity contribution in [2.45, 2.75) is 6.54 Å². The lowest BCUT2D eigenvalue weighted by Crippen LogP contribution is -2.05. The van der Waals surface area contributed by atoms with Gasteiger partial charge in [-0.05, 0) is 17.7 Å². The summed E-state index contributed by atoms with van der Waals surface area (Å²) in [6.45, 7) is 0.726. The van der Waals surface area contributed by atoms with E-state index in [0.717, 1.165) is 12.2 Å². The molecule has 0 fully saturated rings. The van der Waals surface area contributed by atoms with Crippen LogP contribution in [0.1, 0.15) is 11.3 Å². The van der Waals surface area contributed by atoms with Gasteiger partial charge in [-0.25, -0.2) is 0 Å². The second-order valence-electron chi connectivity index (χ2n) is 3.33. The first-order valence-corrected chi connectivity index (χ1v) is 5.16. The maximum absolute atomic E-state index is 4.13. The molecule has 3 heteroatoms. The van der Waals surface area contributed by atoms with E-state index < -0.39 is 0 Å². The topological polar surface area (TPSA) is 37.3 Å². The van der Waals surface area contributed by atoms with E-state index in [0.29, 0.717) is 0 Å². The van der Waals surface area contributed by atoms with Crippen LogP contribution in [0.5, 0.6) is 0 Å². The number of rotatable bonds is 4. The fourth-order valence-electron chi connectivity index (χ4n) is 1.30. The normalized spacial score (nSPS) is 10.5. The van der Waals surface area contributed by atoms with E-state index in [2.05, 4.69) is 27.6 Å². The fourth-order valence-corrected chi connectivity index (χ4v) is 1.30. The Morgan fingerprint density at radius 2 is 1.88 bits per heavy atom. The molecule has 1 heterocycles. The molecule has 0 aliphatic heterocycles. The number of nitrogens with zero attached hydrogens (tertiary/aromatic N) is 2. The van der Waals surface area contributed by atoms with Crippen LogP contribution in [-0.2, 0) is 6.54 Å². The zero-order valence-electron chi connectivity index (χ0n) is 8.88. The average Bonchev–Trinajstić information content (AvgIpc) is 2.37. The van der Waals surface area contributed by atoms with Crippen LogP contribution in [0.25, 0.3) is 0 Å². The highest BCUT2D eigenvalue weighted by molar-refractivity contribution is 5.76. The molecule has 0 bridgehead atoms. The first-order valence-electron chi connectivity index (χ1n) is 5.16. The zero-order valence-corrected chi connectivity index (χ0v) is 8.88. The van der Waals surface area contributed by atoms with Crippen LogP contribution in [0.4, 0.5) is 0 Å². The third-order valence-corrected chi connectivity index (χ3v) is 2.10. The zero-order chi connectivity index (χ0) is 11.1. The molecule has 0 radical (unpaired) electrons. The number of hydrogen-bond donors (Lipinski definition) is 1. The molecule has 80 valence electrons. The molecule has 0 saturated carbocycles. The van der Waals surface area contributed by atoms with Crippen LogP contribution in [0.3, 0.4) is 0 Å². The first kappa shape index (κ1) is 10.4. The van der Waals surface area contributed by atoms with Crippen molar-refractivity contribution >= 4 is 6.21 Å². The van der Waals surface area contributed by atoms with Gasteiger partial charge in [0, 0.05) is 6.20 Å². The van der Waals surface area contributed by atoms with E-state index in [1.165, 1.54) is 5.56 Å². The number of nitrogens with one attached hydrogen (secondary N) is 1. The molecule has 16 heavy (non-hydrogen) atoms. The average molecular weight is 211 g/mol. The third kappa shape index (κ3) is 3.20. The maximum Gasteiger partial charge on any atom is 0.0830 e. The Kier molecular flexibility index (Phi) is 3.66. The van der Waals surface area contributed by atoms with E-state index in [4.69, 9.17) is 0 Å². The summed E-state index contributed by atoms with van der Waals surface area (Å²) >= 11 is 0. The van der Waals surface area contributed by atoms with Gasteiger partial charge in [0.15, 0.2) is 0 Å². The predicted molar refractivity (Wildman–Crippen MR) is 65.1 cm³/mol. The van der Waals surface area contributed by atoms with Crippen LogP contribution >= 0.6 is 0 Å². The standard InChI is InChI=1S/C13H13N3/c1-2-6-12(7-3-1)10-15-16-11-13-8-4-5-9-14-13/h1-9,11,15H,10H2. The summed E-state index contributed by atoms with van der Waals surface area (Å²) in [7, 11) is 0. The molecular formula is C13H13N3. The van der Waals surface area contributed by atoms with E-state index >= 15 is 0 Å². The van der Waals surface area contributed by atoms with Crippen LogP contribution in [-0.4, -0.2) is 11.2 Å². The van der Waals surface area contributed by atoms with Gasteiger partial charge in [-0.15, -0.1) is 0 Å². The Bertz CT molecular complexity index is 437. The predicted octanol–water partition coefficient (Wildman–Crippen LogP) is 2.21. The summed E-state index contributed by atoms with van der Waals surface area (Å²) in [6.07, 6.45) is 3.46. The quantitative estimate of drug-likeness (QED) is 0.622. The number of hydrazone groups is 1. The molecule has 0 unspecified atom stereocenters. The summed E-state index contributed by atoms with van der Waals surface area (Å²) in [4.78, 5) is 4.13. The Balaban J connectivity index is 1.83. The Morgan fingerprint density at radius 1 is 1.06 bits per heavy atom. The molecule has 1 aromatic heterocycles. The van der Waals surface area contributed by atoms with E-state index in [1.54, 1.807) is 12.4 Å². The van der Waals surface area contributed by atoms with Gasteiger partial charge in [-0.3, -0.25) is 4.98 Å². The smallest absolute Gasteiger partial charge is 0.0830 e. The second-order valence-corrected chi connectivity index (χ2v) is 3.33. The molecule has 0 spiro atoms. The fraction of sp³-hybridized carbons (Fsp3) is 0.0769. The Hall–Kier alpha value is -2.16. The number of benzene rings is 1. The summed E-state index contributed by atoms with van der Waals surface area (Å²) in [5, 5.41) is 4.10. The Morgan fingerprint density at radius 3 is 2.62 bits per heavy atom. The van der Waals surface area contributed by atoms with Crippen molar-refractivity contribution in [2.75, 3.05) is 0 Å². The highest BCUT2D eigenvalue weighted by Gasteiger charge is 1.88. The van der Waals surface area contributed by atoms with Crippen LogP contribution < -0.4 is 5.43 Å². The van der Waals surface area contributed by atoms with Crippen molar-refractivity contribution < 1.29 is 0 Å². The molecule has 0 amide bonds. The molecule has 2 rings (SSSR count). The van der Waals surface area contributed by atoms with Crippen LogP contribution in [0.15, 0.2) is 59.8 Å². The van der Waals surface area contributed by atoms with Crippen molar-refractivity contribution in [1.29, 1.82) is 0 Å². The largest absolute Gasteiger partial charge is 0.306 e. The molecule has 2 aromatic rings. The highest BCUT2D eigenvalue weighted by atomic mass is 15.3. The van der Waals surface area contributed by atoms with Gasteiger partial charge >= 0.3 is 0 Å². The van der Waals surface area contributed by atoms with Gasteiger partial charge in [0.1, 0.15) is 0 Å². The summed E-state index contributed by atoms with van der Waals surface area (Å²) < 4.78 is 0. The SMILES string of the molecule is C(=NNCc1ccccc1)c1ccccn1.